The van der Waals surface area contributed by atoms with Crippen LogP contribution >= 0.6 is 15.9 Å². The minimum absolute atomic E-state index is 0.268. The molecule has 0 amide bonds. The summed E-state index contributed by atoms with van der Waals surface area (Å²) >= 11 is 3.44. The number of fused-ring (bicyclic) bond motifs is 1. The van der Waals surface area contributed by atoms with Gasteiger partial charge in [0.25, 0.3) is 0 Å². The molecule has 2 N–H and O–H groups in total. The molecule has 5 heteroatoms. The van der Waals surface area contributed by atoms with Gasteiger partial charge in [-0.25, -0.2) is 4.98 Å². The first kappa shape index (κ1) is 10.1. The number of nitrogens with one attached hydrogen (secondary N) is 1. The number of pyridine rings is 1. The van der Waals surface area contributed by atoms with Crippen LogP contribution in [-0.2, 0) is 0 Å². The second-order valence-corrected chi connectivity index (χ2v) is 4.84. The molecule has 1 aliphatic rings. The van der Waals surface area contributed by atoms with Gasteiger partial charge >= 0.3 is 0 Å². The van der Waals surface area contributed by atoms with E-state index in [2.05, 4.69) is 26.2 Å². The Balaban J connectivity index is 2.18. The number of halogens is 1. The van der Waals surface area contributed by atoms with Crippen molar-refractivity contribution in [3.05, 3.63) is 28.8 Å². The summed E-state index contributed by atoms with van der Waals surface area (Å²) in [7, 11) is 0. The molecule has 1 unspecified atom stereocenters. The summed E-state index contributed by atoms with van der Waals surface area (Å²) in [5, 5.41) is 12.8. The third-order valence-corrected chi connectivity index (χ3v) is 3.62. The Labute approximate surface area is 101 Å². The zero-order valence-electron chi connectivity index (χ0n) is 8.65. The fraction of sp³-hybridized carbons (Fsp3) is 0.364. The van der Waals surface area contributed by atoms with Gasteiger partial charge < -0.3 is 14.8 Å². The quantitative estimate of drug-likeness (QED) is 0.839. The van der Waals surface area contributed by atoms with Crippen molar-refractivity contribution >= 4 is 21.4 Å². The number of hydrogen-bond acceptors (Lipinski definition) is 3. The first-order valence-electron chi connectivity index (χ1n) is 5.33. The van der Waals surface area contributed by atoms with Crippen LogP contribution < -0.4 is 5.32 Å². The van der Waals surface area contributed by atoms with Gasteiger partial charge in [0.15, 0.2) is 0 Å². The number of hydrogen-bond donors (Lipinski definition) is 2. The molecule has 0 saturated carbocycles. The summed E-state index contributed by atoms with van der Waals surface area (Å²) in [4.78, 5) is 4.54. The van der Waals surface area contributed by atoms with Gasteiger partial charge in [0.05, 0.1) is 5.52 Å². The van der Waals surface area contributed by atoms with Crippen molar-refractivity contribution in [2.75, 3.05) is 13.1 Å². The lowest BCUT2D eigenvalue weighted by atomic mass is 10.1. The Bertz CT molecular complexity index is 531. The van der Waals surface area contributed by atoms with Crippen LogP contribution in [0.5, 0.6) is 5.75 Å². The maximum atomic E-state index is 9.45. The molecule has 2 aromatic rings. The number of imidazole rings is 1. The molecule has 0 aromatic carbocycles. The third kappa shape index (κ3) is 1.51. The second kappa shape index (κ2) is 3.75. The van der Waals surface area contributed by atoms with E-state index in [-0.39, 0.29) is 5.75 Å². The van der Waals surface area contributed by atoms with Crippen molar-refractivity contribution in [3.8, 4) is 5.75 Å². The van der Waals surface area contributed by atoms with Crippen LogP contribution in [0.3, 0.4) is 0 Å². The Morgan fingerprint density at radius 1 is 1.56 bits per heavy atom. The standard InChI is InChI=1S/C11H12BrN3O/c12-10-9-5-8(16)2-4-15(9)11(14-10)7-1-3-13-6-7/h2,4-5,7,13,16H,1,3,6H2. The van der Waals surface area contributed by atoms with Gasteiger partial charge in [0, 0.05) is 24.7 Å². The molecule has 0 bridgehead atoms. The number of nitrogens with zero attached hydrogens (tertiary/aromatic N) is 2. The summed E-state index contributed by atoms with van der Waals surface area (Å²) in [6, 6.07) is 3.41. The van der Waals surface area contributed by atoms with Crippen LogP contribution in [0.15, 0.2) is 22.9 Å². The molecule has 1 fully saturated rings. The molecule has 1 saturated heterocycles. The summed E-state index contributed by atoms with van der Waals surface area (Å²) < 4.78 is 2.84. The average Bonchev–Trinajstić information content (AvgIpc) is 2.87. The van der Waals surface area contributed by atoms with Crippen molar-refractivity contribution in [2.45, 2.75) is 12.3 Å². The molecule has 1 aliphatic heterocycles. The molecular formula is C11H12BrN3O. The van der Waals surface area contributed by atoms with Gasteiger partial charge in [-0.3, -0.25) is 0 Å². The Kier molecular flexibility index (Phi) is 2.37. The van der Waals surface area contributed by atoms with Crippen LogP contribution in [0.25, 0.3) is 5.52 Å². The molecule has 16 heavy (non-hydrogen) atoms. The van der Waals surface area contributed by atoms with E-state index in [4.69, 9.17) is 0 Å². The van der Waals surface area contributed by atoms with Crippen LogP contribution in [0, 0.1) is 0 Å². The summed E-state index contributed by atoms with van der Waals surface area (Å²) in [5.41, 5.74) is 0.918. The molecule has 3 heterocycles. The van der Waals surface area contributed by atoms with Crippen LogP contribution in [0.1, 0.15) is 18.2 Å². The fourth-order valence-corrected chi connectivity index (χ4v) is 2.71. The van der Waals surface area contributed by atoms with Gasteiger partial charge in [-0.1, -0.05) is 0 Å². The highest BCUT2D eigenvalue weighted by atomic mass is 79.9. The Hall–Kier alpha value is -1.07. The predicted octanol–water partition coefficient (Wildman–Crippen LogP) is 1.88. The van der Waals surface area contributed by atoms with Gasteiger partial charge in [0.2, 0.25) is 0 Å². The first-order chi connectivity index (χ1) is 7.75. The molecule has 3 rings (SSSR count). The molecule has 0 spiro atoms. The molecule has 4 nitrogen and oxygen atoms in total. The second-order valence-electron chi connectivity index (χ2n) is 4.09. The third-order valence-electron chi connectivity index (χ3n) is 3.03. The van der Waals surface area contributed by atoms with Gasteiger partial charge in [-0.15, -0.1) is 0 Å². The van der Waals surface area contributed by atoms with Gasteiger partial charge in [-0.2, -0.15) is 0 Å². The van der Waals surface area contributed by atoms with E-state index < -0.39 is 0 Å². The van der Waals surface area contributed by atoms with Gasteiger partial charge in [-0.05, 0) is 35.0 Å². The van der Waals surface area contributed by atoms with E-state index in [0.717, 1.165) is 35.5 Å². The average molecular weight is 282 g/mol. The predicted molar refractivity (Wildman–Crippen MR) is 64.8 cm³/mol. The van der Waals surface area contributed by atoms with Crippen molar-refractivity contribution in [3.63, 3.8) is 0 Å². The highest BCUT2D eigenvalue weighted by Gasteiger charge is 2.22. The fourth-order valence-electron chi connectivity index (χ4n) is 2.22. The van der Waals surface area contributed by atoms with Crippen molar-refractivity contribution < 1.29 is 5.11 Å². The highest BCUT2D eigenvalue weighted by Crippen LogP contribution is 2.28. The summed E-state index contributed by atoms with van der Waals surface area (Å²) in [5.74, 6) is 1.79. The Morgan fingerprint density at radius 2 is 2.44 bits per heavy atom. The van der Waals surface area contributed by atoms with E-state index in [0.29, 0.717) is 5.92 Å². The Morgan fingerprint density at radius 3 is 3.19 bits per heavy atom. The van der Waals surface area contributed by atoms with Crippen molar-refractivity contribution in [2.24, 2.45) is 0 Å². The van der Waals surface area contributed by atoms with Crippen LogP contribution in [-0.4, -0.2) is 27.6 Å². The zero-order chi connectivity index (χ0) is 11.1. The van der Waals surface area contributed by atoms with E-state index >= 15 is 0 Å². The molecule has 0 radical (unpaired) electrons. The summed E-state index contributed by atoms with van der Waals surface area (Å²) in [6.45, 7) is 2.03. The minimum atomic E-state index is 0.268. The molecular weight excluding hydrogens is 270 g/mol. The number of rotatable bonds is 1. The first-order valence-corrected chi connectivity index (χ1v) is 6.12. The lowest BCUT2D eigenvalue weighted by Crippen LogP contribution is -2.10. The van der Waals surface area contributed by atoms with Gasteiger partial charge in [0.1, 0.15) is 16.2 Å². The highest BCUT2D eigenvalue weighted by molar-refractivity contribution is 9.10. The van der Waals surface area contributed by atoms with E-state index in [1.54, 1.807) is 12.1 Å². The molecule has 0 aliphatic carbocycles. The minimum Gasteiger partial charge on any atom is -0.508 e. The largest absolute Gasteiger partial charge is 0.508 e. The summed E-state index contributed by atoms with van der Waals surface area (Å²) in [6.07, 6.45) is 2.99. The lowest BCUT2D eigenvalue weighted by Gasteiger charge is -2.06. The molecule has 2 aromatic heterocycles. The zero-order valence-corrected chi connectivity index (χ0v) is 10.2. The topological polar surface area (TPSA) is 49.6 Å². The smallest absolute Gasteiger partial charge is 0.132 e. The van der Waals surface area contributed by atoms with E-state index in [9.17, 15) is 5.11 Å². The maximum Gasteiger partial charge on any atom is 0.132 e. The van der Waals surface area contributed by atoms with E-state index in [1.165, 1.54) is 0 Å². The van der Waals surface area contributed by atoms with Crippen molar-refractivity contribution in [1.82, 2.24) is 14.7 Å². The number of aromatic nitrogens is 2. The molecule has 84 valence electrons. The normalized spacial score (nSPS) is 20.7. The van der Waals surface area contributed by atoms with Crippen LogP contribution in [0.2, 0.25) is 0 Å². The SMILES string of the molecule is Oc1ccn2c(C3CCNC3)nc(Br)c2c1. The van der Waals surface area contributed by atoms with Crippen molar-refractivity contribution in [1.29, 1.82) is 0 Å². The monoisotopic (exact) mass is 281 g/mol. The molecule has 1 atom stereocenters. The lowest BCUT2D eigenvalue weighted by molar-refractivity contribution is 0.475. The number of aromatic hydroxyl groups is 1. The van der Waals surface area contributed by atoms with Crippen LogP contribution in [0.4, 0.5) is 0 Å². The maximum absolute atomic E-state index is 9.45. The van der Waals surface area contributed by atoms with E-state index in [1.807, 2.05) is 10.6 Å².